The number of hydrogen-bond donors (Lipinski definition) is 1. The maximum Gasteiger partial charge on any atom is 0.311 e. The molecule has 0 amide bonds. The minimum atomic E-state index is -0.540. The first-order chi connectivity index (χ1) is 9.11. The second-order valence-electron chi connectivity index (χ2n) is 3.36. The van der Waals surface area contributed by atoms with Crippen molar-refractivity contribution in [2.75, 3.05) is 12.8 Å². The third kappa shape index (κ3) is 2.62. The standard InChI is InChI=1S/C9H9N7O3/c1-19-8-3-2-6(4-7(8)16(17)18)5-11-15-9(10)12-13-14-15/h2-5H,1H3,(H2,10,12,14)/b11-5+. The van der Waals surface area contributed by atoms with Gasteiger partial charge in [-0.2, -0.15) is 5.10 Å². The van der Waals surface area contributed by atoms with Gasteiger partial charge >= 0.3 is 5.69 Å². The molecule has 2 aromatic rings. The molecule has 0 bridgehead atoms. The van der Waals surface area contributed by atoms with Crippen molar-refractivity contribution in [3.8, 4) is 5.75 Å². The predicted molar refractivity (Wildman–Crippen MR) is 64.9 cm³/mol. The largest absolute Gasteiger partial charge is 0.490 e. The molecule has 10 heteroatoms. The van der Waals surface area contributed by atoms with Gasteiger partial charge in [-0.05, 0) is 22.6 Å². The summed E-state index contributed by atoms with van der Waals surface area (Å²) in [6.45, 7) is 0. The second kappa shape index (κ2) is 5.08. The van der Waals surface area contributed by atoms with Crippen LogP contribution in [0.4, 0.5) is 11.6 Å². The molecule has 0 unspecified atom stereocenters. The minimum Gasteiger partial charge on any atom is -0.490 e. The molecule has 10 nitrogen and oxygen atoms in total. The maximum atomic E-state index is 10.8. The van der Waals surface area contributed by atoms with Gasteiger partial charge in [0, 0.05) is 11.6 Å². The molecule has 0 saturated heterocycles. The third-order valence-electron chi connectivity index (χ3n) is 2.19. The van der Waals surface area contributed by atoms with Crippen LogP contribution in [0.15, 0.2) is 23.3 Å². The Bertz CT molecular complexity index is 636. The molecule has 0 radical (unpaired) electrons. The summed E-state index contributed by atoms with van der Waals surface area (Å²) < 4.78 is 4.89. The third-order valence-corrected chi connectivity index (χ3v) is 2.19. The Labute approximate surface area is 106 Å². The lowest BCUT2D eigenvalue weighted by Crippen LogP contribution is -2.00. The van der Waals surface area contributed by atoms with Crippen molar-refractivity contribution < 1.29 is 9.66 Å². The molecule has 2 N–H and O–H groups in total. The van der Waals surface area contributed by atoms with Crippen molar-refractivity contribution in [2.45, 2.75) is 0 Å². The van der Waals surface area contributed by atoms with Gasteiger partial charge in [0.25, 0.3) is 5.95 Å². The molecule has 1 aromatic carbocycles. The molecular weight excluding hydrogens is 254 g/mol. The van der Waals surface area contributed by atoms with Crippen LogP contribution in [-0.2, 0) is 0 Å². The van der Waals surface area contributed by atoms with Gasteiger partial charge in [-0.15, -0.1) is 0 Å². The normalized spacial score (nSPS) is 10.8. The molecule has 0 spiro atoms. The van der Waals surface area contributed by atoms with Crippen molar-refractivity contribution in [3.63, 3.8) is 0 Å². The van der Waals surface area contributed by atoms with Gasteiger partial charge in [-0.25, -0.2) is 0 Å². The summed E-state index contributed by atoms with van der Waals surface area (Å²) in [5.41, 5.74) is 5.75. The van der Waals surface area contributed by atoms with E-state index in [2.05, 4.69) is 20.6 Å². The Morgan fingerprint density at radius 2 is 2.37 bits per heavy atom. The number of nitrogens with zero attached hydrogens (tertiary/aromatic N) is 6. The molecule has 2 rings (SSSR count). The van der Waals surface area contributed by atoms with Crippen LogP contribution >= 0.6 is 0 Å². The lowest BCUT2D eigenvalue weighted by Gasteiger charge is -2.01. The van der Waals surface area contributed by atoms with E-state index in [9.17, 15) is 10.1 Å². The van der Waals surface area contributed by atoms with Gasteiger partial charge in [-0.1, -0.05) is 9.89 Å². The Kier molecular flexibility index (Phi) is 3.32. The molecule has 0 fully saturated rings. The maximum absolute atomic E-state index is 10.8. The Hall–Kier alpha value is -3.04. The van der Waals surface area contributed by atoms with Gasteiger partial charge in [0.15, 0.2) is 5.75 Å². The van der Waals surface area contributed by atoms with Crippen molar-refractivity contribution in [1.29, 1.82) is 0 Å². The van der Waals surface area contributed by atoms with E-state index in [-0.39, 0.29) is 17.4 Å². The summed E-state index contributed by atoms with van der Waals surface area (Å²) in [4.78, 5) is 11.3. The summed E-state index contributed by atoms with van der Waals surface area (Å²) in [6.07, 6.45) is 1.35. The topological polar surface area (TPSA) is 134 Å². The number of anilines is 1. The number of hydrogen-bond acceptors (Lipinski definition) is 8. The molecule has 0 atom stereocenters. The van der Waals surface area contributed by atoms with Gasteiger partial charge in [0.1, 0.15) is 0 Å². The Morgan fingerprint density at radius 1 is 1.58 bits per heavy atom. The Morgan fingerprint density at radius 3 is 2.95 bits per heavy atom. The van der Waals surface area contributed by atoms with Crippen LogP contribution in [0.25, 0.3) is 0 Å². The highest BCUT2D eigenvalue weighted by Gasteiger charge is 2.14. The van der Waals surface area contributed by atoms with E-state index in [0.717, 1.165) is 4.79 Å². The number of rotatable bonds is 4. The molecule has 19 heavy (non-hydrogen) atoms. The highest BCUT2D eigenvalue weighted by molar-refractivity contribution is 5.81. The second-order valence-corrected chi connectivity index (χ2v) is 3.36. The Balaban J connectivity index is 2.31. The van der Waals surface area contributed by atoms with Crippen LogP contribution in [0.2, 0.25) is 0 Å². The van der Waals surface area contributed by atoms with Crippen molar-refractivity contribution >= 4 is 17.9 Å². The van der Waals surface area contributed by atoms with E-state index in [0.29, 0.717) is 5.56 Å². The van der Waals surface area contributed by atoms with Crippen molar-refractivity contribution in [1.82, 2.24) is 20.3 Å². The van der Waals surface area contributed by atoms with Crippen molar-refractivity contribution in [3.05, 3.63) is 33.9 Å². The van der Waals surface area contributed by atoms with Crippen molar-refractivity contribution in [2.24, 2.45) is 5.10 Å². The summed E-state index contributed by atoms with van der Waals surface area (Å²) in [6, 6.07) is 4.40. The SMILES string of the molecule is COc1ccc(/C=N/n2nnnc2N)cc1[N+](=O)[O-]. The highest BCUT2D eigenvalue weighted by atomic mass is 16.6. The van der Waals surface area contributed by atoms with E-state index in [1.165, 1.54) is 25.5 Å². The van der Waals surface area contributed by atoms with E-state index >= 15 is 0 Å². The number of methoxy groups -OCH3 is 1. The fourth-order valence-corrected chi connectivity index (χ4v) is 1.32. The zero-order valence-corrected chi connectivity index (χ0v) is 9.79. The molecule has 0 aliphatic carbocycles. The van der Waals surface area contributed by atoms with Gasteiger partial charge in [0.05, 0.1) is 18.2 Å². The first-order valence-corrected chi connectivity index (χ1v) is 5.02. The average molecular weight is 263 g/mol. The lowest BCUT2D eigenvalue weighted by atomic mass is 10.2. The molecule has 0 saturated carbocycles. The first-order valence-electron chi connectivity index (χ1n) is 5.02. The fourth-order valence-electron chi connectivity index (χ4n) is 1.32. The zero-order valence-electron chi connectivity index (χ0n) is 9.79. The van der Waals surface area contributed by atoms with E-state index in [4.69, 9.17) is 10.5 Å². The minimum absolute atomic E-state index is 0.0132. The summed E-state index contributed by atoms with van der Waals surface area (Å²) in [5, 5.41) is 24.9. The quantitative estimate of drug-likeness (QED) is 0.467. The van der Waals surface area contributed by atoms with Gasteiger partial charge < -0.3 is 10.5 Å². The molecule has 98 valence electrons. The fraction of sp³-hybridized carbons (Fsp3) is 0.111. The summed E-state index contributed by atoms with van der Waals surface area (Å²) >= 11 is 0. The van der Waals surface area contributed by atoms with Crippen LogP contribution in [0.1, 0.15) is 5.56 Å². The van der Waals surface area contributed by atoms with Crippen LogP contribution in [-0.4, -0.2) is 38.6 Å². The van der Waals surface area contributed by atoms with E-state index in [1.807, 2.05) is 0 Å². The molecule has 0 aliphatic heterocycles. The van der Waals surface area contributed by atoms with Crippen LogP contribution in [0.5, 0.6) is 5.75 Å². The van der Waals surface area contributed by atoms with Gasteiger partial charge in [0.2, 0.25) is 0 Å². The van der Waals surface area contributed by atoms with Crippen LogP contribution in [0.3, 0.4) is 0 Å². The summed E-state index contributed by atoms with van der Waals surface area (Å²) in [7, 11) is 1.36. The predicted octanol–water partition coefficient (Wildman–Crippen LogP) is 0.0543. The molecular formula is C9H9N7O3. The average Bonchev–Trinajstić information content (AvgIpc) is 2.81. The zero-order chi connectivity index (χ0) is 13.8. The van der Waals surface area contributed by atoms with Crippen LogP contribution < -0.4 is 10.5 Å². The molecule has 1 heterocycles. The number of aromatic nitrogens is 4. The van der Waals surface area contributed by atoms with Gasteiger partial charge in [-0.3, -0.25) is 10.1 Å². The number of nitro benzene ring substituents is 1. The first kappa shape index (κ1) is 12.4. The number of nitrogen functional groups attached to an aromatic ring is 1. The molecule has 0 aliphatic rings. The number of benzene rings is 1. The number of nitrogens with two attached hydrogens (primary N) is 1. The lowest BCUT2D eigenvalue weighted by molar-refractivity contribution is -0.385. The number of ether oxygens (including phenoxy) is 1. The monoisotopic (exact) mass is 263 g/mol. The summed E-state index contributed by atoms with van der Waals surface area (Å²) in [5.74, 6) is 0.184. The van der Waals surface area contributed by atoms with Crippen LogP contribution in [0, 0.1) is 10.1 Å². The van der Waals surface area contributed by atoms with E-state index < -0.39 is 4.92 Å². The number of nitro groups is 1. The molecule has 1 aromatic heterocycles. The highest BCUT2D eigenvalue weighted by Crippen LogP contribution is 2.26. The smallest absolute Gasteiger partial charge is 0.311 e. The van der Waals surface area contributed by atoms with E-state index in [1.54, 1.807) is 6.07 Å². The number of tetrazole rings is 1.